The van der Waals surface area contributed by atoms with Gasteiger partial charge in [-0.1, -0.05) is 25.0 Å². The number of carbonyl (C=O) groups is 1. The zero-order chi connectivity index (χ0) is 35.6. The summed E-state index contributed by atoms with van der Waals surface area (Å²) in [5.74, 6) is 6.36. The summed E-state index contributed by atoms with van der Waals surface area (Å²) in [6, 6.07) is 7.57. The van der Waals surface area contributed by atoms with E-state index in [9.17, 15) is 4.79 Å². The lowest BCUT2D eigenvalue weighted by atomic mass is 9.70. The van der Waals surface area contributed by atoms with Crippen molar-refractivity contribution < 1.29 is 14.3 Å². The van der Waals surface area contributed by atoms with Gasteiger partial charge in [0.15, 0.2) is 0 Å². The van der Waals surface area contributed by atoms with Crippen molar-refractivity contribution in [1.82, 2.24) is 19.8 Å². The molecule has 4 fully saturated rings. The van der Waals surface area contributed by atoms with Crippen LogP contribution in [0.25, 0.3) is 10.9 Å². The van der Waals surface area contributed by atoms with Crippen LogP contribution in [0.1, 0.15) is 103 Å². The van der Waals surface area contributed by atoms with Crippen LogP contribution in [0.5, 0.6) is 6.01 Å². The molecule has 6 atom stereocenters. The van der Waals surface area contributed by atoms with Crippen LogP contribution in [0.4, 0.5) is 10.6 Å². The summed E-state index contributed by atoms with van der Waals surface area (Å²) in [6.45, 7) is 13.1. The van der Waals surface area contributed by atoms with E-state index >= 15 is 0 Å². The normalized spacial score (nSPS) is 28.4. The molecular formula is C43H55N5O3. The Bertz CT molecular complexity index is 1890. The van der Waals surface area contributed by atoms with Crippen LogP contribution in [0, 0.1) is 50.9 Å². The van der Waals surface area contributed by atoms with Crippen molar-refractivity contribution in [3.05, 3.63) is 57.1 Å². The van der Waals surface area contributed by atoms with E-state index in [1.165, 1.54) is 57.5 Å². The first-order valence-electron chi connectivity index (χ1n) is 19.4. The Hall–Kier alpha value is -3.83. The highest BCUT2D eigenvalue weighted by molar-refractivity contribution is 5.94. The number of hydrogen-bond donors (Lipinski definition) is 0. The standard InChI is InChI=1S/C43H55N5O3/c1-8-34-27(3)10-13-32-18-26(2)19-35(38(32)34)37-28(4)20-36-39(29(37)5)44-41(45-40(36)47-22-30-11-12-31(21-30)23-47)51-25-43-15-9-17-48(43)33(14-16-43)24-50-42(49)46(6)7/h1,10,13,20,26,30-31,33,35H,9,11-12,14-19,21-25H2,2-7H3/t26-,30?,31?,33?,35+,43?/m1/s1. The maximum absolute atomic E-state index is 12.2. The molecule has 3 aliphatic heterocycles. The third-order valence-electron chi connectivity index (χ3n) is 13.2. The van der Waals surface area contributed by atoms with Gasteiger partial charge in [0, 0.05) is 50.1 Å². The second-order valence-electron chi connectivity index (χ2n) is 17.0. The molecule has 5 aliphatic rings. The van der Waals surface area contributed by atoms with E-state index in [1.807, 2.05) is 0 Å². The van der Waals surface area contributed by atoms with E-state index in [2.05, 4.69) is 61.6 Å². The molecule has 270 valence electrons. The van der Waals surface area contributed by atoms with Gasteiger partial charge >= 0.3 is 12.1 Å². The smallest absolute Gasteiger partial charge is 0.409 e. The monoisotopic (exact) mass is 689 g/mol. The number of amides is 1. The molecule has 1 aromatic heterocycles. The van der Waals surface area contributed by atoms with Gasteiger partial charge in [-0.25, -0.2) is 4.79 Å². The molecule has 3 aromatic rings. The molecule has 0 N–H and O–H groups in total. The van der Waals surface area contributed by atoms with E-state index in [0.717, 1.165) is 92.3 Å². The summed E-state index contributed by atoms with van der Waals surface area (Å²) < 4.78 is 12.4. The van der Waals surface area contributed by atoms with Gasteiger partial charge < -0.3 is 19.3 Å². The van der Waals surface area contributed by atoms with Crippen molar-refractivity contribution in [2.45, 2.75) is 103 Å². The molecule has 2 aromatic carbocycles. The van der Waals surface area contributed by atoms with Gasteiger partial charge in [-0.2, -0.15) is 9.97 Å². The molecule has 3 saturated heterocycles. The summed E-state index contributed by atoms with van der Waals surface area (Å²) in [6.07, 6.45) is 16.2. The van der Waals surface area contributed by atoms with Gasteiger partial charge in [-0.3, -0.25) is 4.90 Å². The van der Waals surface area contributed by atoms with Crippen molar-refractivity contribution in [3.63, 3.8) is 0 Å². The Morgan fingerprint density at radius 3 is 2.57 bits per heavy atom. The fraction of sp³-hybridized carbons (Fsp3) is 0.605. The Morgan fingerprint density at radius 2 is 1.82 bits per heavy atom. The van der Waals surface area contributed by atoms with Gasteiger partial charge in [0.05, 0.1) is 11.1 Å². The van der Waals surface area contributed by atoms with Crippen LogP contribution in [-0.4, -0.2) is 84.4 Å². The lowest BCUT2D eigenvalue weighted by Gasteiger charge is -2.36. The highest BCUT2D eigenvalue weighted by atomic mass is 16.6. The molecule has 1 saturated carbocycles. The van der Waals surface area contributed by atoms with Crippen LogP contribution >= 0.6 is 0 Å². The Morgan fingerprint density at radius 1 is 1.04 bits per heavy atom. The summed E-state index contributed by atoms with van der Waals surface area (Å²) >= 11 is 0. The third-order valence-corrected chi connectivity index (χ3v) is 13.2. The molecule has 2 aliphatic carbocycles. The molecule has 4 heterocycles. The van der Waals surface area contributed by atoms with Crippen molar-refractivity contribution in [1.29, 1.82) is 0 Å². The molecule has 1 amide bonds. The van der Waals surface area contributed by atoms with Crippen LogP contribution in [-0.2, 0) is 11.2 Å². The first-order chi connectivity index (χ1) is 24.5. The minimum Gasteiger partial charge on any atom is -0.461 e. The number of aryl methyl sites for hydroxylation is 3. The predicted octanol–water partition coefficient (Wildman–Crippen LogP) is 7.56. The minimum atomic E-state index is -0.284. The number of fused-ring (bicyclic) bond motifs is 5. The number of nitrogens with zero attached hydrogens (tertiary/aromatic N) is 5. The number of terminal acetylenes is 1. The van der Waals surface area contributed by atoms with E-state index in [1.54, 1.807) is 14.1 Å². The predicted molar refractivity (Wildman–Crippen MR) is 203 cm³/mol. The Balaban J connectivity index is 1.18. The molecule has 51 heavy (non-hydrogen) atoms. The zero-order valence-electron chi connectivity index (χ0n) is 31.6. The first kappa shape index (κ1) is 34.3. The average Bonchev–Trinajstić information content (AvgIpc) is 3.78. The minimum absolute atomic E-state index is 0.0865. The van der Waals surface area contributed by atoms with E-state index < -0.39 is 0 Å². The summed E-state index contributed by atoms with van der Waals surface area (Å²) in [4.78, 5) is 29.4. The van der Waals surface area contributed by atoms with Gasteiger partial charge in [-0.05, 0) is 142 Å². The quantitative estimate of drug-likeness (QED) is 0.237. The van der Waals surface area contributed by atoms with Crippen LogP contribution in [0.2, 0.25) is 0 Å². The van der Waals surface area contributed by atoms with E-state index in [0.29, 0.717) is 25.1 Å². The molecule has 8 rings (SSSR count). The SMILES string of the molecule is C#Cc1c(C)ccc2c1[C@H](c1c(C)cc3c(N4CC5CCC(C5)C4)nc(OCC45CCCN4C(COC(=O)N(C)C)CC5)nc3c1C)C[C@H](C)C2. The molecular weight excluding hydrogens is 635 g/mol. The van der Waals surface area contributed by atoms with Crippen LogP contribution in [0.3, 0.4) is 0 Å². The average molecular weight is 690 g/mol. The summed E-state index contributed by atoms with van der Waals surface area (Å²) in [5.41, 5.74) is 9.76. The van der Waals surface area contributed by atoms with Crippen molar-refractivity contribution in [2.75, 3.05) is 51.8 Å². The molecule has 8 nitrogen and oxygen atoms in total. The Kier molecular flexibility index (Phi) is 8.93. The molecule has 0 spiro atoms. The van der Waals surface area contributed by atoms with Crippen molar-refractivity contribution in [2.24, 2.45) is 17.8 Å². The van der Waals surface area contributed by atoms with Crippen molar-refractivity contribution >= 4 is 22.8 Å². The zero-order valence-corrected chi connectivity index (χ0v) is 31.6. The molecule has 8 heteroatoms. The maximum atomic E-state index is 12.2. The van der Waals surface area contributed by atoms with Gasteiger partial charge in [-0.15, -0.1) is 6.42 Å². The second kappa shape index (κ2) is 13.3. The number of benzene rings is 2. The molecule has 4 unspecified atom stereocenters. The third kappa shape index (κ3) is 6.04. The number of anilines is 1. The Labute approximate surface area is 304 Å². The number of piperidine rings is 1. The fourth-order valence-corrected chi connectivity index (χ4v) is 10.9. The van der Waals surface area contributed by atoms with Gasteiger partial charge in [0.2, 0.25) is 0 Å². The fourth-order valence-electron chi connectivity index (χ4n) is 10.9. The molecule has 2 bridgehead atoms. The number of carbonyl (C=O) groups excluding carboxylic acids is 1. The van der Waals surface area contributed by atoms with Crippen LogP contribution in [0.15, 0.2) is 18.2 Å². The van der Waals surface area contributed by atoms with Gasteiger partial charge in [0.25, 0.3) is 0 Å². The molecule has 0 radical (unpaired) electrons. The highest BCUT2D eigenvalue weighted by Gasteiger charge is 2.50. The number of rotatable bonds is 7. The summed E-state index contributed by atoms with van der Waals surface area (Å²) in [5, 5.41) is 1.14. The van der Waals surface area contributed by atoms with Crippen molar-refractivity contribution in [3.8, 4) is 18.4 Å². The largest absolute Gasteiger partial charge is 0.461 e. The number of aromatic nitrogens is 2. The van der Waals surface area contributed by atoms with Gasteiger partial charge in [0.1, 0.15) is 19.0 Å². The topological polar surface area (TPSA) is 71.0 Å². The first-order valence-corrected chi connectivity index (χ1v) is 19.4. The lowest BCUT2D eigenvalue weighted by Crippen LogP contribution is -2.48. The lowest BCUT2D eigenvalue weighted by molar-refractivity contribution is 0.0484. The number of hydrogen-bond acceptors (Lipinski definition) is 7. The maximum Gasteiger partial charge on any atom is 0.409 e. The second-order valence-corrected chi connectivity index (χ2v) is 17.0. The van der Waals surface area contributed by atoms with Crippen LogP contribution < -0.4 is 9.64 Å². The highest BCUT2D eigenvalue weighted by Crippen LogP contribution is 2.47. The summed E-state index contributed by atoms with van der Waals surface area (Å²) in [7, 11) is 3.46. The van der Waals surface area contributed by atoms with E-state index in [-0.39, 0.29) is 23.6 Å². The number of ether oxygens (including phenoxy) is 2. The van der Waals surface area contributed by atoms with E-state index in [4.69, 9.17) is 25.9 Å².